The highest BCUT2D eigenvalue weighted by atomic mass is 32.2. The van der Waals surface area contributed by atoms with E-state index in [-0.39, 0.29) is 5.91 Å². The summed E-state index contributed by atoms with van der Waals surface area (Å²) in [5.41, 5.74) is 2.89. The average molecular weight is 390 g/mol. The van der Waals surface area contributed by atoms with E-state index in [4.69, 9.17) is 0 Å². The van der Waals surface area contributed by atoms with Gasteiger partial charge in [0.05, 0.1) is 11.9 Å². The third-order valence-electron chi connectivity index (χ3n) is 4.46. The smallest absolute Gasteiger partial charge is 0.251 e. The van der Waals surface area contributed by atoms with E-state index < -0.39 is 10.0 Å². The lowest BCUT2D eigenvalue weighted by molar-refractivity contribution is 0.0953. The zero-order valence-corrected chi connectivity index (χ0v) is 17.1. The summed E-state index contributed by atoms with van der Waals surface area (Å²) in [5, 5.41) is 2.90. The Labute approximate surface area is 161 Å². The highest BCUT2D eigenvalue weighted by Gasteiger charge is 2.16. The molecule has 0 aromatic heterocycles. The second-order valence-electron chi connectivity index (χ2n) is 6.60. The van der Waals surface area contributed by atoms with Crippen LogP contribution < -0.4 is 14.5 Å². The molecule has 0 atom stereocenters. The van der Waals surface area contributed by atoms with Crippen LogP contribution in [-0.2, 0) is 10.0 Å². The predicted octanol–water partition coefficient (Wildman–Crippen LogP) is 2.65. The molecule has 0 fully saturated rings. The first-order chi connectivity index (χ1) is 12.7. The number of carbonyl (C=O) groups is 1. The minimum absolute atomic E-state index is 0.208. The van der Waals surface area contributed by atoms with Gasteiger partial charge in [0.15, 0.2) is 0 Å². The van der Waals surface area contributed by atoms with E-state index in [2.05, 4.69) is 10.2 Å². The van der Waals surface area contributed by atoms with Crippen LogP contribution in [0.15, 0.2) is 48.5 Å². The normalized spacial score (nSPS) is 11.1. The Hall–Kier alpha value is -2.54. The minimum atomic E-state index is -3.38. The molecule has 0 aliphatic heterocycles. The first-order valence-corrected chi connectivity index (χ1v) is 10.6. The third kappa shape index (κ3) is 5.72. The maximum absolute atomic E-state index is 12.4. The molecular weight excluding hydrogens is 362 g/mol. The van der Waals surface area contributed by atoms with E-state index in [0.717, 1.165) is 30.5 Å². The summed E-state index contributed by atoms with van der Waals surface area (Å²) in [6.45, 7) is 3.18. The molecule has 0 aliphatic carbocycles. The Morgan fingerprint density at radius 3 is 2.37 bits per heavy atom. The quantitative estimate of drug-likeness (QED) is 0.705. The van der Waals surface area contributed by atoms with Crippen molar-refractivity contribution in [1.29, 1.82) is 0 Å². The molecule has 0 heterocycles. The molecular formula is C20H27N3O3S. The maximum Gasteiger partial charge on any atom is 0.251 e. The van der Waals surface area contributed by atoms with Crippen molar-refractivity contribution in [3.8, 4) is 0 Å². The fourth-order valence-electron chi connectivity index (χ4n) is 2.70. The van der Waals surface area contributed by atoms with Crippen LogP contribution in [0, 0.1) is 6.92 Å². The summed E-state index contributed by atoms with van der Waals surface area (Å²) in [6.07, 6.45) is 1.95. The monoisotopic (exact) mass is 389 g/mol. The molecule has 2 aromatic carbocycles. The first-order valence-electron chi connectivity index (χ1n) is 8.79. The van der Waals surface area contributed by atoms with Gasteiger partial charge in [-0.1, -0.05) is 24.3 Å². The summed E-state index contributed by atoms with van der Waals surface area (Å²) in [7, 11) is 0.122. The van der Waals surface area contributed by atoms with Gasteiger partial charge in [-0.3, -0.25) is 9.10 Å². The summed E-state index contributed by atoms with van der Waals surface area (Å²) in [5.74, 6) is -0.208. The molecule has 0 saturated carbocycles. The van der Waals surface area contributed by atoms with E-state index in [1.165, 1.54) is 11.4 Å². The number of hydrogen-bond acceptors (Lipinski definition) is 4. The predicted molar refractivity (Wildman–Crippen MR) is 111 cm³/mol. The van der Waals surface area contributed by atoms with Crippen molar-refractivity contribution in [3.63, 3.8) is 0 Å². The number of sulfonamides is 1. The van der Waals surface area contributed by atoms with Crippen LogP contribution in [0.4, 0.5) is 11.4 Å². The summed E-state index contributed by atoms with van der Waals surface area (Å²) >= 11 is 0. The Bertz CT molecular complexity index is 883. The van der Waals surface area contributed by atoms with Gasteiger partial charge >= 0.3 is 0 Å². The number of nitrogens with one attached hydrogen (secondary N) is 1. The number of benzene rings is 2. The van der Waals surface area contributed by atoms with Crippen LogP contribution in [0.1, 0.15) is 22.3 Å². The third-order valence-corrected chi connectivity index (χ3v) is 5.65. The van der Waals surface area contributed by atoms with Gasteiger partial charge in [-0.05, 0) is 43.2 Å². The van der Waals surface area contributed by atoms with Gasteiger partial charge in [0, 0.05) is 38.4 Å². The van der Waals surface area contributed by atoms with Crippen molar-refractivity contribution in [2.24, 2.45) is 0 Å². The Kier molecular flexibility index (Phi) is 6.85. The van der Waals surface area contributed by atoms with Gasteiger partial charge < -0.3 is 10.2 Å². The van der Waals surface area contributed by atoms with Gasteiger partial charge in [-0.25, -0.2) is 8.42 Å². The van der Waals surface area contributed by atoms with Gasteiger partial charge in [0.25, 0.3) is 5.91 Å². The fourth-order valence-corrected chi connectivity index (χ4v) is 3.25. The highest BCUT2D eigenvalue weighted by molar-refractivity contribution is 7.92. The molecule has 0 spiro atoms. The number of aryl methyl sites for hydroxylation is 1. The Balaban J connectivity index is 1.93. The van der Waals surface area contributed by atoms with Crippen molar-refractivity contribution in [1.82, 2.24) is 5.32 Å². The Morgan fingerprint density at radius 2 is 1.74 bits per heavy atom. The van der Waals surface area contributed by atoms with Crippen LogP contribution in [0.2, 0.25) is 0 Å². The minimum Gasteiger partial charge on any atom is -0.375 e. The molecule has 146 valence electrons. The molecule has 2 aromatic rings. The lowest BCUT2D eigenvalue weighted by Gasteiger charge is -2.20. The summed E-state index contributed by atoms with van der Waals surface area (Å²) in [6, 6.07) is 15.1. The number of nitrogens with zero attached hydrogens (tertiary/aromatic N) is 2. The van der Waals surface area contributed by atoms with Crippen molar-refractivity contribution >= 4 is 27.3 Å². The molecule has 1 N–H and O–H groups in total. The Morgan fingerprint density at radius 1 is 1.07 bits per heavy atom. The molecule has 7 heteroatoms. The molecule has 0 bridgehead atoms. The number of para-hydroxylation sites is 1. The maximum atomic E-state index is 12.4. The van der Waals surface area contributed by atoms with Gasteiger partial charge in [-0.15, -0.1) is 0 Å². The van der Waals surface area contributed by atoms with Crippen LogP contribution in [0.5, 0.6) is 0 Å². The van der Waals surface area contributed by atoms with Crippen LogP contribution in [-0.4, -0.2) is 47.8 Å². The zero-order valence-electron chi connectivity index (χ0n) is 16.3. The number of rotatable bonds is 8. The van der Waals surface area contributed by atoms with E-state index >= 15 is 0 Å². The van der Waals surface area contributed by atoms with Crippen LogP contribution in [0.25, 0.3) is 0 Å². The van der Waals surface area contributed by atoms with Crippen molar-refractivity contribution < 1.29 is 13.2 Å². The van der Waals surface area contributed by atoms with Crippen molar-refractivity contribution in [2.75, 3.05) is 42.6 Å². The highest BCUT2D eigenvalue weighted by Crippen LogP contribution is 2.22. The molecule has 6 nitrogen and oxygen atoms in total. The van der Waals surface area contributed by atoms with Gasteiger partial charge in [0.2, 0.25) is 10.0 Å². The van der Waals surface area contributed by atoms with Crippen LogP contribution >= 0.6 is 0 Å². The van der Waals surface area contributed by atoms with E-state index in [9.17, 15) is 13.2 Å². The first kappa shape index (κ1) is 20.8. The molecule has 1 amide bonds. The topological polar surface area (TPSA) is 69.7 Å². The van der Waals surface area contributed by atoms with E-state index in [0.29, 0.717) is 17.8 Å². The van der Waals surface area contributed by atoms with Gasteiger partial charge in [-0.2, -0.15) is 0 Å². The number of anilines is 2. The fraction of sp³-hybridized carbons (Fsp3) is 0.350. The molecule has 0 saturated heterocycles. The lowest BCUT2D eigenvalue weighted by atomic mass is 10.1. The van der Waals surface area contributed by atoms with Crippen molar-refractivity contribution in [3.05, 3.63) is 59.7 Å². The standard InChI is InChI=1S/C20H27N3O3S/c1-16-11-12-17(15-19(16)23(3)27(4,25)26)20(24)21-13-8-14-22(2)18-9-6-5-7-10-18/h5-7,9-12,15H,8,13-14H2,1-4H3,(H,21,24). The molecule has 0 aliphatic rings. The zero-order chi connectivity index (χ0) is 20.0. The second kappa shape index (κ2) is 8.90. The number of hydrogen-bond donors (Lipinski definition) is 1. The van der Waals surface area contributed by atoms with E-state index in [1.807, 2.05) is 44.3 Å². The second-order valence-corrected chi connectivity index (χ2v) is 8.61. The largest absolute Gasteiger partial charge is 0.375 e. The SMILES string of the molecule is Cc1ccc(C(=O)NCCCN(C)c2ccccc2)cc1N(C)S(C)(=O)=O. The summed E-state index contributed by atoms with van der Waals surface area (Å²) in [4.78, 5) is 14.5. The molecule has 27 heavy (non-hydrogen) atoms. The summed E-state index contributed by atoms with van der Waals surface area (Å²) < 4.78 is 24.7. The van der Waals surface area contributed by atoms with E-state index in [1.54, 1.807) is 18.2 Å². The van der Waals surface area contributed by atoms with Gasteiger partial charge in [0.1, 0.15) is 0 Å². The van der Waals surface area contributed by atoms with Crippen molar-refractivity contribution in [2.45, 2.75) is 13.3 Å². The molecule has 0 unspecified atom stereocenters. The lowest BCUT2D eigenvalue weighted by Crippen LogP contribution is -2.29. The molecule has 2 rings (SSSR count). The molecule has 0 radical (unpaired) electrons. The number of carbonyl (C=O) groups excluding carboxylic acids is 1. The van der Waals surface area contributed by atoms with Crippen LogP contribution in [0.3, 0.4) is 0 Å². The average Bonchev–Trinajstić information content (AvgIpc) is 2.64. The number of amides is 1.